The summed E-state index contributed by atoms with van der Waals surface area (Å²) in [4.78, 5) is 27.4. The number of carbonyl (C=O) groups excluding carboxylic acids is 2. The van der Waals surface area contributed by atoms with Crippen LogP contribution in [0.1, 0.15) is 57.9 Å². The summed E-state index contributed by atoms with van der Waals surface area (Å²) >= 11 is 0. The third-order valence-corrected chi connectivity index (χ3v) is 7.27. The van der Waals surface area contributed by atoms with Crippen LogP contribution < -0.4 is 5.32 Å². The Kier molecular flexibility index (Phi) is 8.68. The summed E-state index contributed by atoms with van der Waals surface area (Å²) in [5, 5.41) is 2.84. The molecule has 0 atom stereocenters. The summed E-state index contributed by atoms with van der Waals surface area (Å²) in [6, 6.07) is 9.70. The summed E-state index contributed by atoms with van der Waals surface area (Å²) in [6.45, 7) is 4.98. The maximum Gasteiger partial charge on any atom is 0.248 e. The predicted molar refractivity (Wildman–Crippen MR) is 115 cm³/mol. The van der Waals surface area contributed by atoms with Crippen LogP contribution in [0.3, 0.4) is 0 Å². The fourth-order valence-corrected chi connectivity index (χ4v) is 5.28. The molecule has 0 spiro atoms. The number of sulfone groups is 1. The first-order valence-electron chi connectivity index (χ1n) is 10.7. The van der Waals surface area contributed by atoms with Crippen LogP contribution in [-0.2, 0) is 25.8 Å². The van der Waals surface area contributed by atoms with Crippen LogP contribution in [0.25, 0.3) is 0 Å². The zero-order valence-corrected chi connectivity index (χ0v) is 18.5. The van der Waals surface area contributed by atoms with Crippen molar-refractivity contribution in [3.05, 3.63) is 35.9 Å². The summed E-state index contributed by atoms with van der Waals surface area (Å²) in [5.41, 5.74) is 0.124. The number of likely N-dealkylation sites (N-methyl/N-ethyl adjacent to an activating group) is 1. The Hall–Kier alpha value is -1.89. The van der Waals surface area contributed by atoms with Gasteiger partial charge >= 0.3 is 0 Å². The van der Waals surface area contributed by atoms with Gasteiger partial charge in [0.05, 0.1) is 5.75 Å². The third-order valence-electron chi connectivity index (χ3n) is 5.66. The lowest BCUT2D eigenvalue weighted by Gasteiger charge is -2.40. The van der Waals surface area contributed by atoms with Crippen molar-refractivity contribution in [3.63, 3.8) is 0 Å². The van der Waals surface area contributed by atoms with Crippen molar-refractivity contribution < 1.29 is 18.0 Å². The van der Waals surface area contributed by atoms with Crippen molar-refractivity contribution in [3.8, 4) is 0 Å². The molecule has 0 unspecified atom stereocenters. The summed E-state index contributed by atoms with van der Waals surface area (Å²) in [5.74, 6) is -1.24. The van der Waals surface area contributed by atoms with E-state index in [0.29, 0.717) is 38.8 Å². The Balaban J connectivity index is 1.97. The Labute approximate surface area is 175 Å². The molecule has 7 heteroatoms. The molecule has 0 saturated heterocycles. The van der Waals surface area contributed by atoms with E-state index < -0.39 is 27.0 Å². The van der Waals surface area contributed by atoms with E-state index in [4.69, 9.17) is 0 Å². The first-order chi connectivity index (χ1) is 13.8. The van der Waals surface area contributed by atoms with Gasteiger partial charge in [-0.3, -0.25) is 9.59 Å². The minimum absolute atomic E-state index is 0.0354. The lowest BCUT2D eigenvalue weighted by molar-refractivity contribution is -0.142. The molecule has 2 rings (SSSR count). The highest BCUT2D eigenvalue weighted by atomic mass is 32.2. The van der Waals surface area contributed by atoms with Crippen molar-refractivity contribution >= 4 is 21.7 Å². The minimum atomic E-state index is -3.52. The number of hydrogen-bond acceptors (Lipinski definition) is 4. The van der Waals surface area contributed by atoms with Gasteiger partial charge in [0.15, 0.2) is 9.84 Å². The van der Waals surface area contributed by atoms with Gasteiger partial charge in [0.25, 0.3) is 0 Å². The van der Waals surface area contributed by atoms with E-state index in [1.807, 2.05) is 44.2 Å². The van der Waals surface area contributed by atoms with Crippen LogP contribution in [0.15, 0.2) is 30.3 Å². The Bertz CT molecular complexity index is 767. The van der Waals surface area contributed by atoms with Crippen LogP contribution in [-0.4, -0.2) is 55.3 Å². The molecular formula is C22H34N2O4S. The SMILES string of the molecule is CCN(CC)C(=O)C1(NC(=O)CS(=O)(=O)CCCc2ccccc2)CCCCC1. The van der Waals surface area contributed by atoms with Gasteiger partial charge in [-0.2, -0.15) is 0 Å². The molecule has 0 heterocycles. The molecule has 1 fully saturated rings. The molecule has 0 bridgehead atoms. The van der Waals surface area contributed by atoms with Gasteiger partial charge < -0.3 is 10.2 Å². The second-order valence-electron chi connectivity index (χ2n) is 7.85. The van der Waals surface area contributed by atoms with E-state index in [1.165, 1.54) is 0 Å². The lowest BCUT2D eigenvalue weighted by Crippen LogP contribution is -2.61. The van der Waals surface area contributed by atoms with E-state index in [1.54, 1.807) is 4.90 Å². The molecule has 1 saturated carbocycles. The van der Waals surface area contributed by atoms with Gasteiger partial charge in [-0.1, -0.05) is 49.6 Å². The van der Waals surface area contributed by atoms with Crippen molar-refractivity contribution in [2.45, 2.75) is 64.3 Å². The zero-order chi connectivity index (χ0) is 21.3. The number of nitrogens with zero attached hydrogens (tertiary/aromatic N) is 1. The molecule has 0 aliphatic heterocycles. The normalized spacial score (nSPS) is 16.2. The topological polar surface area (TPSA) is 83.6 Å². The fourth-order valence-electron chi connectivity index (χ4n) is 4.08. The van der Waals surface area contributed by atoms with Crippen molar-refractivity contribution in [2.24, 2.45) is 0 Å². The van der Waals surface area contributed by atoms with E-state index in [2.05, 4.69) is 5.32 Å². The Morgan fingerprint density at radius 2 is 1.66 bits per heavy atom. The molecule has 162 valence electrons. The second-order valence-corrected chi connectivity index (χ2v) is 10.0. The highest BCUT2D eigenvalue weighted by molar-refractivity contribution is 7.92. The van der Waals surface area contributed by atoms with Crippen LogP contribution in [0.5, 0.6) is 0 Å². The number of aryl methyl sites for hydroxylation is 1. The molecule has 1 aliphatic carbocycles. The van der Waals surface area contributed by atoms with Crippen LogP contribution in [0.2, 0.25) is 0 Å². The maximum atomic E-state index is 13.1. The standard InChI is InChI=1S/C22H34N2O4S/c1-3-24(4-2)21(26)22(15-9-6-10-16-22)23-20(25)18-29(27,28)17-11-14-19-12-7-5-8-13-19/h5,7-8,12-13H,3-4,6,9-11,14-18H2,1-2H3,(H,23,25). The molecule has 6 nitrogen and oxygen atoms in total. The molecule has 2 amide bonds. The largest absolute Gasteiger partial charge is 0.341 e. The highest BCUT2D eigenvalue weighted by Crippen LogP contribution is 2.30. The number of hydrogen-bond donors (Lipinski definition) is 1. The number of amides is 2. The first-order valence-corrected chi connectivity index (χ1v) is 12.5. The van der Waals surface area contributed by atoms with Gasteiger partial charge in [0.2, 0.25) is 11.8 Å². The molecule has 0 aromatic heterocycles. The summed E-state index contributed by atoms with van der Waals surface area (Å²) in [7, 11) is -3.52. The lowest BCUT2D eigenvalue weighted by atomic mass is 9.80. The van der Waals surface area contributed by atoms with E-state index in [9.17, 15) is 18.0 Å². The highest BCUT2D eigenvalue weighted by Gasteiger charge is 2.43. The molecular weight excluding hydrogens is 388 g/mol. The van der Waals surface area contributed by atoms with E-state index in [0.717, 1.165) is 24.8 Å². The summed E-state index contributed by atoms with van der Waals surface area (Å²) < 4.78 is 24.9. The maximum absolute atomic E-state index is 13.1. The van der Waals surface area contributed by atoms with Gasteiger partial charge in [-0.15, -0.1) is 0 Å². The molecule has 0 radical (unpaired) electrons. The second kappa shape index (κ2) is 10.8. The molecule has 1 aromatic rings. The minimum Gasteiger partial charge on any atom is -0.341 e. The quantitative estimate of drug-likeness (QED) is 0.628. The van der Waals surface area contributed by atoms with Gasteiger partial charge in [0, 0.05) is 13.1 Å². The van der Waals surface area contributed by atoms with Gasteiger partial charge in [-0.05, 0) is 45.1 Å². The molecule has 1 aromatic carbocycles. The Morgan fingerprint density at radius 1 is 1.03 bits per heavy atom. The average molecular weight is 423 g/mol. The zero-order valence-electron chi connectivity index (χ0n) is 17.7. The fraction of sp³-hybridized carbons (Fsp3) is 0.636. The molecule has 1 aliphatic rings. The summed E-state index contributed by atoms with van der Waals surface area (Å²) in [6.07, 6.45) is 5.02. The Morgan fingerprint density at radius 3 is 2.24 bits per heavy atom. The first kappa shape index (κ1) is 23.4. The van der Waals surface area contributed by atoms with Crippen molar-refractivity contribution in [1.29, 1.82) is 0 Å². The predicted octanol–water partition coefficient (Wildman–Crippen LogP) is 2.72. The van der Waals surface area contributed by atoms with Gasteiger partial charge in [-0.25, -0.2) is 8.42 Å². The molecule has 29 heavy (non-hydrogen) atoms. The van der Waals surface area contributed by atoms with Crippen LogP contribution >= 0.6 is 0 Å². The van der Waals surface area contributed by atoms with Crippen molar-refractivity contribution in [2.75, 3.05) is 24.6 Å². The van der Waals surface area contributed by atoms with Gasteiger partial charge in [0.1, 0.15) is 11.3 Å². The average Bonchev–Trinajstić information content (AvgIpc) is 2.69. The smallest absolute Gasteiger partial charge is 0.248 e. The number of carbonyl (C=O) groups is 2. The third kappa shape index (κ3) is 6.84. The van der Waals surface area contributed by atoms with E-state index >= 15 is 0 Å². The molecule has 1 N–H and O–H groups in total. The monoisotopic (exact) mass is 422 g/mol. The van der Waals surface area contributed by atoms with Crippen molar-refractivity contribution in [1.82, 2.24) is 10.2 Å². The number of benzene rings is 1. The van der Waals surface area contributed by atoms with E-state index in [-0.39, 0.29) is 11.7 Å². The number of nitrogens with one attached hydrogen (secondary N) is 1. The number of rotatable bonds is 10. The van der Waals surface area contributed by atoms with Crippen LogP contribution in [0, 0.1) is 0 Å². The van der Waals surface area contributed by atoms with Crippen LogP contribution in [0.4, 0.5) is 0 Å².